The van der Waals surface area contributed by atoms with Crippen LogP contribution in [0.2, 0.25) is 0 Å². The summed E-state index contributed by atoms with van der Waals surface area (Å²) in [4.78, 5) is 12.2. The molecule has 0 unspecified atom stereocenters. The molecule has 0 aromatic heterocycles. The molecule has 1 saturated heterocycles. The van der Waals surface area contributed by atoms with E-state index in [9.17, 15) is 20.3 Å². The van der Waals surface area contributed by atoms with Crippen molar-refractivity contribution in [3.63, 3.8) is 0 Å². The van der Waals surface area contributed by atoms with Crippen LogP contribution in [-0.4, -0.2) is 41.1 Å². The van der Waals surface area contributed by atoms with Crippen LogP contribution in [0.15, 0.2) is 18.2 Å². The Morgan fingerprint density at radius 3 is 2.33 bits per heavy atom. The Morgan fingerprint density at radius 2 is 1.86 bits per heavy atom. The van der Waals surface area contributed by atoms with E-state index in [-0.39, 0.29) is 24.3 Å². The van der Waals surface area contributed by atoms with Gasteiger partial charge >= 0.3 is 5.69 Å². The van der Waals surface area contributed by atoms with Crippen molar-refractivity contribution < 1.29 is 19.9 Å². The van der Waals surface area contributed by atoms with E-state index >= 15 is 0 Å². The predicted molar refractivity (Wildman–Crippen MR) is 79.6 cm³/mol. The van der Waals surface area contributed by atoms with Crippen molar-refractivity contribution in [1.82, 2.24) is 0 Å². The van der Waals surface area contributed by atoms with Crippen LogP contribution in [0.1, 0.15) is 26.7 Å². The lowest BCUT2D eigenvalue weighted by Gasteiger charge is -2.36. The van der Waals surface area contributed by atoms with Crippen molar-refractivity contribution in [3.05, 3.63) is 28.3 Å². The van der Waals surface area contributed by atoms with E-state index in [1.807, 2.05) is 18.7 Å². The van der Waals surface area contributed by atoms with Crippen LogP contribution < -0.4 is 9.64 Å². The molecule has 1 aliphatic heterocycles. The number of aliphatic hydroxyl groups is 2. The number of nitro groups is 1. The van der Waals surface area contributed by atoms with Gasteiger partial charge in [-0.2, -0.15) is 0 Å². The van der Waals surface area contributed by atoms with E-state index < -0.39 is 10.7 Å². The quantitative estimate of drug-likeness (QED) is 0.503. The molecule has 1 fully saturated rings. The number of anilines is 1. The number of nitro benzene ring substituents is 1. The molecule has 0 bridgehead atoms. The van der Waals surface area contributed by atoms with Crippen molar-refractivity contribution >= 4 is 11.4 Å². The lowest BCUT2D eigenvalue weighted by atomic mass is 10.0. The monoisotopic (exact) mass is 298 g/mol. The maximum atomic E-state index is 10.8. The maximum absolute atomic E-state index is 10.8. The summed E-state index contributed by atoms with van der Waals surface area (Å²) in [6, 6.07) is 4.64. The van der Waals surface area contributed by atoms with E-state index in [4.69, 9.17) is 4.74 Å². The lowest BCUT2D eigenvalue weighted by molar-refractivity contribution is -0.385. The fourth-order valence-corrected chi connectivity index (χ4v) is 2.14. The highest BCUT2D eigenvalue weighted by Crippen LogP contribution is 2.33. The Labute approximate surface area is 123 Å². The Morgan fingerprint density at radius 1 is 1.29 bits per heavy atom. The lowest BCUT2D eigenvalue weighted by Crippen LogP contribution is -2.44. The summed E-state index contributed by atoms with van der Waals surface area (Å²) in [5.41, 5.74) is 0.694. The van der Waals surface area contributed by atoms with Gasteiger partial charge < -0.3 is 19.8 Å². The zero-order valence-corrected chi connectivity index (χ0v) is 12.6. The summed E-state index contributed by atoms with van der Waals surface area (Å²) in [5, 5.41) is 29.7. The summed E-state index contributed by atoms with van der Waals surface area (Å²) >= 11 is 0. The van der Waals surface area contributed by atoms with Gasteiger partial charge in [0.25, 0.3) is 0 Å². The molecule has 7 heteroatoms. The second kappa shape index (κ2) is 7.24. The summed E-state index contributed by atoms with van der Waals surface area (Å²) in [5.74, 6) is -1.41. The molecule has 1 aromatic carbocycles. The molecule has 0 aliphatic carbocycles. The molecule has 118 valence electrons. The normalized spacial score (nSPS) is 16.7. The topological polar surface area (TPSA) is 96.1 Å². The molecule has 0 radical (unpaired) electrons. The van der Waals surface area contributed by atoms with E-state index in [1.54, 1.807) is 12.1 Å². The summed E-state index contributed by atoms with van der Waals surface area (Å²) < 4.78 is 5.01. The molecule has 1 heterocycles. The zero-order chi connectivity index (χ0) is 16.0. The van der Waals surface area contributed by atoms with Gasteiger partial charge in [-0.05, 0) is 6.07 Å². The van der Waals surface area contributed by atoms with Gasteiger partial charge in [0.05, 0.1) is 12.0 Å². The van der Waals surface area contributed by atoms with Crippen molar-refractivity contribution in [2.75, 3.05) is 25.1 Å². The molecule has 0 amide bonds. The molecule has 0 atom stereocenters. The van der Waals surface area contributed by atoms with Gasteiger partial charge in [-0.25, -0.2) is 0 Å². The Balaban J connectivity index is 0.00000106. The van der Waals surface area contributed by atoms with E-state index in [1.165, 1.54) is 13.2 Å². The van der Waals surface area contributed by atoms with Crippen molar-refractivity contribution in [1.29, 1.82) is 0 Å². The minimum Gasteiger partial charge on any atom is -0.490 e. The number of hydrogen-bond donors (Lipinski definition) is 2. The third-order valence-electron chi connectivity index (χ3n) is 3.29. The molecule has 2 rings (SSSR count). The van der Waals surface area contributed by atoms with Gasteiger partial charge in [0, 0.05) is 43.8 Å². The molecular formula is C14H22N2O5. The van der Waals surface area contributed by atoms with Crippen LogP contribution in [0.5, 0.6) is 5.75 Å². The Kier molecular flexibility index (Phi) is 5.92. The number of rotatable bonds is 3. The van der Waals surface area contributed by atoms with Crippen LogP contribution in [0.3, 0.4) is 0 Å². The Bertz CT molecular complexity index is 480. The number of benzene rings is 1. The predicted octanol–water partition coefficient (Wildman–Crippen LogP) is 1.91. The molecule has 1 aliphatic rings. The smallest absolute Gasteiger partial charge is 0.311 e. The maximum Gasteiger partial charge on any atom is 0.311 e. The number of hydrogen-bond acceptors (Lipinski definition) is 6. The van der Waals surface area contributed by atoms with Crippen molar-refractivity contribution in [2.45, 2.75) is 32.5 Å². The summed E-state index contributed by atoms with van der Waals surface area (Å²) in [6.07, 6.45) is 0.485. The van der Waals surface area contributed by atoms with Gasteiger partial charge in [0.1, 0.15) is 0 Å². The van der Waals surface area contributed by atoms with Gasteiger partial charge in [-0.3, -0.25) is 10.1 Å². The second-order valence-electron chi connectivity index (χ2n) is 4.58. The highest BCUT2D eigenvalue weighted by atomic mass is 16.6. The first-order chi connectivity index (χ1) is 9.93. The molecule has 0 saturated carbocycles. The molecular weight excluding hydrogens is 276 g/mol. The van der Waals surface area contributed by atoms with Crippen LogP contribution in [0.4, 0.5) is 11.4 Å². The van der Waals surface area contributed by atoms with Crippen LogP contribution in [-0.2, 0) is 0 Å². The highest BCUT2D eigenvalue weighted by molar-refractivity contribution is 5.59. The molecule has 1 aromatic rings. The van der Waals surface area contributed by atoms with Crippen LogP contribution in [0.25, 0.3) is 0 Å². The zero-order valence-electron chi connectivity index (χ0n) is 12.6. The fourth-order valence-electron chi connectivity index (χ4n) is 2.14. The first-order valence-electron chi connectivity index (χ1n) is 6.95. The summed E-state index contributed by atoms with van der Waals surface area (Å²) in [7, 11) is 1.38. The van der Waals surface area contributed by atoms with Gasteiger partial charge in [0.2, 0.25) is 0 Å². The van der Waals surface area contributed by atoms with Crippen molar-refractivity contribution in [2.24, 2.45) is 0 Å². The van der Waals surface area contributed by atoms with E-state index in [0.29, 0.717) is 13.1 Å². The summed E-state index contributed by atoms with van der Waals surface area (Å²) in [6.45, 7) is 4.96. The van der Waals surface area contributed by atoms with E-state index in [0.717, 1.165) is 5.69 Å². The number of ether oxygens (including phenoxy) is 1. The minimum absolute atomic E-state index is 0.0816. The average molecular weight is 298 g/mol. The highest BCUT2D eigenvalue weighted by Gasteiger charge is 2.30. The minimum atomic E-state index is -1.61. The molecule has 0 spiro atoms. The average Bonchev–Trinajstić information content (AvgIpc) is 2.48. The first-order valence-corrected chi connectivity index (χ1v) is 6.95. The first kappa shape index (κ1) is 17.2. The van der Waals surface area contributed by atoms with Crippen molar-refractivity contribution in [3.8, 4) is 5.75 Å². The van der Waals surface area contributed by atoms with Gasteiger partial charge in [-0.15, -0.1) is 0 Å². The molecule has 2 N–H and O–H groups in total. The fraction of sp³-hybridized carbons (Fsp3) is 0.571. The van der Waals surface area contributed by atoms with Crippen LogP contribution in [0, 0.1) is 10.1 Å². The third-order valence-corrected chi connectivity index (χ3v) is 3.29. The second-order valence-corrected chi connectivity index (χ2v) is 4.58. The molecule has 7 nitrogen and oxygen atoms in total. The number of methoxy groups -OCH3 is 1. The SMILES string of the molecule is CC.COc1cc(N2CCC(O)(O)CC2)ccc1[N+](=O)[O-]. The number of piperidine rings is 1. The van der Waals surface area contributed by atoms with E-state index in [2.05, 4.69) is 0 Å². The Hall–Kier alpha value is -1.86. The largest absolute Gasteiger partial charge is 0.490 e. The van der Waals surface area contributed by atoms with Crippen LogP contribution >= 0.6 is 0 Å². The number of nitrogens with zero attached hydrogens (tertiary/aromatic N) is 2. The standard InChI is InChI=1S/C12H16N2O5.C2H6/c1-19-11-8-9(2-3-10(11)14(17)18)13-6-4-12(15,16)5-7-13;1-2/h2-3,8,15-16H,4-7H2,1H3;1-2H3. The molecule has 21 heavy (non-hydrogen) atoms. The van der Waals surface area contributed by atoms with Gasteiger partial charge in [0.15, 0.2) is 11.5 Å². The third kappa shape index (κ3) is 4.30. The van der Waals surface area contributed by atoms with Gasteiger partial charge in [-0.1, -0.05) is 13.8 Å².